The van der Waals surface area contributed by atoms with Crippen LogP contribution in [0.2, 0.25) is 5.28 Å². The molecule has 0 saturated heterocycles. The van der Waals surface area contributed by atoms with Crippen molar-refractivity contribution in [2.45, 2.75) is 13.1 Å². The number of hydrogen-bond donors (Lipinski definition) is 2. The van der Waals surface area contributed by atoms with Crippen molar-refractivity contribution in [3.8, 4) is 0 Å². The largest absolute Gasteiger partial charge is 0.324 e. The highest BCUT2D eigenvalue weighted by Gasteiger charge is 2.00. The Hall–Kier alpha value is -0.780. The Morgan fingerprint density at radius 1 is 1.00 bits per heavy atom. The van der Waals surface area contributed by atoms with Crippen LogP contribution in [-0.4, -0.2) is 15.0 Å². The van der Waals surface area contributed by atoms with Crippen molar-refractivity contribution in [2.24, 2.45) is 11.5 Å². The van der Waals surface area contributed by atoms with Crippen molar-refractivity contribution in [2.75, 3.05) is 0 Å². The van der Waals surface area contributed by atoms with Crippen LogP contribution in [0.15, 0.2) is 0 Å². The van der Waals surface area contributed by atoms with Crippen LogP contribution >= 0.6 is 11.6 Å². The summed E-state index contributed by atoms with van der Waals surface area (Å²) in [5.41, 5.74) is 10.6. The van der Waals surface area contributed by atoms with E-state index in [1.807, 2.05) is 0 Å². The van der Waals surface area contributed by atoms with Crippen molar-refractivity contribution in [3.63, 3.8) is 0 Å². The first-order chi connectivity index (χ1) is 5.26. The predicted octanol–water partition coefficient (Wildman–Crippen LogP) is -0.558. The van der Waals surface area contributed by atoms with Crippen molar-refractivity contribution in [1.82, 2.24) is 15.0 Å². The number of nitrogens with two attached hydrogens (primary N) is 2. The van der Waals surface area contributed by atoms with Gasteiger partial charge < -0.3 is 11.5 Å². The molecule has 0 saturated carbocycles. The lowest BCUT2D eigenvalue weighted by Gasteiger charge is -1.98. The third-order valence-corrected chi connectivity index (χ3v) is 1.23. The fourth-order valence-electron chi connectivity index (χ4n) is 0.620. The molecule has 0 unspecified atom stereocenters. The first-order valence-corrected chi connectivity index (χ1v) is 3.43. The molecule has 5 nitrogen and oxygen atoms in total. The highest BCUT2D eigenvalue weighted by atomic mass is 35.5. The van der Waals surface area contributed by atoms with E-state index < -0.39 is 0 Å². The first-order valence-electron chi connectivity index (χ1n) is 3.05. The molecular weight excluding hydrogens is 166 g/mol. The average molecular weight is 174 g/mol. The van der Waals surface area contributed by atoms with Gasteiger partial charge in [-0.25, -0.2) is 15.0 Å². The molecule has 0 aliphatic heterocycles. The van der Waals surface area contributed by atoms with Gasteiger partial charge in [-0.2, -0.15) is 0 Å². The Morgan fingerprint density at radius 3 is 1.82 bits per heavy atom. The van der Waals surface area contributed by atoms with Crippen LogP contribution in [0.1, 0.15) is 11.6 Å². The third-order valence-electron chi connectivity index (χ3n) is 1.07. The standard InChI is InChI=1S/C5H8ClN5/c6-5-10-3(1-7)9-4(2-8)11-5/h1-2,7-8H2. The summed E-state index contributed by atoms with van der Waals surface area (Å²) >= 11 is 5.53. The molecule has 0 aliphatic carbocycles. The molecule has 0 fully saturated rings. The molecule has 11 heavy (non-hydrogen) atoms. The van der Waals surface area contributed by atoms with Gasteiger partial charge in [0.05, 0.1) is 13.1 Å². The summed E-state index contributed by atoms with van der Waals surface area (Å²) in [6.07, 6.45) is 0. The highest BCUT2D eigenvalue weighted by Crippen LogP contribution is 2.00. The molecule has 0 amide bonds. The summed E-state index contributed by atoms with van der Waals surface area (Å²) in [5.74, 6) is 0.927. The number of rotatable bonds is 2. The zero-order valence-electron chi connectivity index (χ0n) is 5.79. The van der Waals surface area contributed by atoms with E-state index in [1.54, 1.807) is 0 Å². The van der Waals surface area contributed by atoms with E-state index in [9.17, 15) is 0 Å². The normalized spacial score (nSPS) is 10.1. The second-order valence-electron chi connectivity index (χ2n) is 1.85. The Balaban J connectivity index is 3.02. The van der Waals surface area contributed by atoms with Crippen molar-refractivity contribution >= 4 is 11.6 Å². The van der Waals surface area contributed by atoms with Gasteiger partial charge in [0.25, 0.3) is 0 Å². The molecular formula is C5H8ClN5. The minimum atomic E-state index is 0.140. The van der Waals surface area contributed by atoms with Crippen LogP contribution in [0.4, 0.5) is 0 Å². The number of nitrogens with zero attached hydrogens (tertiary/aromatic N) is 3. The van der Waals surface area contributed by atoms with Gasteiger partial charge in [0.2, 0.25) is 5.28 Å². The fourth-order valence-corrected chi connectivity index (χ4v) is 0.815. The van der Waals surface area contributed by atoms with E-state index in [-0.39, 0.29) is 18.4 Å². The zero-order chi connectivity index (χ0) is 8.27. The third kappa shape index (κ3) is 2.07. The zero-order valence-corrected chi connectivity index (χ0v) is 6.54. The molecule has 60 valence electrons. The minimum absolute atomic E-state index is 0.140. The second-order valence-corrected chi connectivity index (χ2v) is 2.18. The molecule has 0 atom stereocenters. The Morgan fingerprint density at radius 2 is 1.45 bits per heavy atom. The van der Waals surface area contributed by atoms with Crippen LogP contribution in [0, 0.1) is 0 Å². The summed E-state index contributed by atoms with van der Waals surface area (Å²) in [6.45, 7) is 0.491. The van der Waals surface area contributed by atoms with Crippen molar-refractivity contribution in [1.29, 1.82) is 0 Å². The molecule has 1 aromatic rings. The number of hydrogen-bond acceptors (Lipinski definition) is 5. The smallest absolute Gasteiger partial charge is 0.225 e. The molecule has 1 rings (SSSR count). The summed E-state index contributed by atoms with van der Waals surface area (Å²) in [7, 11) is 0. The molecule has 0 bridgehead atoms. The molecule has 6 heteroatoms. The lowest BCUT2D eigenvalue weighted by atomic mass is 10.5. The van der Waals surface area contributed by atoms with Gasteiger partial charge in [0, 0.05) is 0 Å². The molecule has 0 aliphatic rings. The van der Waals surface area contributed by atoms with Gasteiger partial charge in [-0.05, 0) is 11.6 Å². The maximum Gasteiger partial charge on any atom is 0.225 e. The number of halogens is 1. The fraction of sp³-hybridized carbons (Fsp3) is 0.400. The summed E-state index contributed by atoms with van der Waals surface area (Å²) in [5, 5.41) is 0.140. The van der Waals surface area contributed by atoms with Gasteiger partial charge in [-0.1, -0.05) is 0 Å². The average Bonchev–Trinajstić information content (AvgIpc) is 2.03. The van der Waals surface area contributed by atoms with E-state index in [1.165, 1.54) is 0 Å². The van der Waals surface area contributed by atoms with Crippen LogP contribution in [-0.2, 0) is 13.1 Å². The van der Waals surface area contributed by atoms with E-state index in [0.717, 1.165) is 0 Å². The minimum Gasteiger partial charge on any atom is -0.324 e. The molecule has 4 N–H and O–H groups in total. The van der Waals surface area contributed by atoms with Crippen molar-refractivity contribution in [3.05, 3.63) is 16.9 Å². The lowest BCUT2D eigenvalue weighted by Crippen LogP contribution is -2.10. The predicted molar refractivity (Wildman–Crippen MR) is 40.6 cm³/mol. The number of aromatic nitrogens is 3. The summed E-state index contributed by atoms with van der Waals surface area (Å²) in [6, 6.07) is 0. The quantitative estimate of drug-likeness (QED) is 0.626. The Bertz CT molecular complexity index is 228. The first kappa shape index (κ1) is 8.32. The summed E-state index contributed by atoms with van der Waals surface area (Å²) in [4.78, 5) is 11.4. The van der Waals surface area contributed by atoms with Crippen molar-refractivity contribution < 1.29 is 0 Å². The Labute approximate surface area is 68.8 Å². The van der Waals surface area contributed by atoms with Gasteiger partial charge in [-0.15, -0.1) is 0 Å². The van der Waals surface area contributed by atoms with Crippen LogP contribution in [0.25, 0.3) is 0 Å². The van der Waals surface area contributed by atoms with E-state index in [0.29, 0.717) is 11.6 Å². The topological polar surface area (TPSA) is 90.7 Å². The van der Waals surface area contributed by atoms with Gasteiger partial charge in [0.15, 0.2) is 0 Å². The van der Waals surface area contributed by atoms with Crippen LogP contribution in [0.3, 0.4) is 0 Å². The second kappa shape index (κ2) is 3.56. The molecule has 0 radical (unpaired) electrons. The van der Waals surface area contributed by atoms with Crippen LogP contribution < -0.4 is 11.5 Å². The monoisotopic (exact) mass is 173 g/mol. The van der Waals surface area contributed by atoms with Gasteiger partial charge in [-0.3, -0.25) is 0 Å². The van der Waals surface area contributed by atoms with E-state index >= 15 is 0 Å². The maximum atomic E-state index is 5.53. The lowest BCUT2D eigenvalue weighted by molar-refractivity contribution is 0.803. The maximum absolute atomic E-state index is 5.53. The Kier molecular flexibility index (Phi) is 2.70. The van der Waals surface area contributed by atoms with Gasteiger partial charge in [0.1, 0.15) is 11.6 Å². The van der Waals surface area contributed by atoms with E-state index in [2.05, 4.69) is 15.0 Å². The SMILES string of the molecule is NCc1nc(Cl)nc(CN)n1. The molecule has 1 heterocycles. The highest BCUT2D eigenvalue weighted by molar-refractivity contribution is 6.28. The van der Waals surface area contributed by atoms with E-state index in [4.69, 9.17) is 23.1 Å². The molecule has 0 aromatic carbocycles. The van der Waals surface area contributed by atoms with Crippen LogP contribution in [0.5, 0.6) is 0 Å². The van der Waals surface area contributed by atoms with Gasteiger partial charge >= 0.3 is 0 Å². The molecule has 0 spiro atoms. The molecule has 1 aromatic heterocycles. The summed E-state index contributed by atoms with van der Waals surface area (Å²) < 4.78 is 0.